The Morgan fingerprint density at radius 2 is 2.20 bits per heavy atom. The van der Waals surface area contributed by atoms with Crippen LogP contribution in [0.5, 0.6) is 0 Å². The Hall–Kier alpha value is -0.880. The minimum atomic E-state index is -3.95. The van der Waals surface area contributed by atoms with Gasteiger partial charge in [-0.1, -0.05) is 13.5 Å². The minimum Gasteiger partial charge on any atom is -0.353 e. The van der Waals surface area contributed by atoms with Crippen molar-refractivity contribution in [3.63, 3.8) is 0 Å². The van der Waals surface area contributed by atoms with Crippen LogP contribution in [0.3, 0.4) is 0 Å². The Morgan fingerprint density at radius 3 is 2.60 bits per heavy atom. The predicted octanol–water partition coefficient (Wildman–Crippen LogP) is 0.735. The fourth-order valence-electron chi connectivity index (χ4n) is 1.18. The molecule has 0 aliphatic rings. The lowest BCUT2D eigenvalue weighted by Crippen LogP contribution is -2.25. The summed E-state index contributed by atoms with van der Waals surface area (Å²) in [5, 5.41) is 1.79. The fourth-order valence-corrected chi connectivity index (χ4v) is 2.06. The van der Waals surface area contributed by atoms with Gasteiger partial charge in [-0.05, 0) is 25.3 Å². The summed E-state index contributed by atoms with van der Waals surface area (Å²) in [4.78, 5) is 10.7. The van der Waals surface area contributed by atoms with Gasteiger partial charge in [-0.3, -0.25) is 9.35 Å². The quantitative estimate of drug-likeness (QED) is 0.387. The molecule has 0 aliphatic carbocycles. The molecule has 0 saturated heterocycles. The van der Waals surface area contributed by atoms with Crippen molar-refractivity contribution in [2.45, 2.75) is 31.4 Å². The number of carbonyl (C=O) groups is 1. The van der Waals surface area contributed by atoms with Gasteiger partial charge in [-0.25, -0.2) is 0 Å². The van der Waals surface area contributed by atoms with E-state index in [4.69, 9.17) is 4.55 Å². The summed E-state index contributed by atoms with van der Waals surface area (Å²) in [5.74, 6) is -0.282. The van der Waals surface area contributed by atoms with Gasteiger partial charge in [0.25, 0.3) is 10.1 Å². The molecule has 1 amide bonds. The lowest BCUT2D eigenvalue weighted by molar-refractivity contribution is -0.116. The summed E-state index contributed by atoms with van der Waals surface area (Å²) in [5.41, 5.74) is 0. The van der Waals surface area contributed by atoms with E-state index in [0.29, 0.717) is 25.8 Å². The van der Waals surface area contributed by atoms with Gasteiger partial charge in [-0.15, -0.1) is 0 Å². The summed E-state index contributed by atoms with van der Waals surface area (Å²) in [6, 6.07) is 0. The molecule has 0 radical (unpaired) electrons. The molecule has 0 aromatic carbocycles. The maximum atomic E-state index is 10.8. The molecule has 0 aromatic rings. The van der Waals surface area contributed by atoms with E-state index in [0.717, 1.165) is 6.08 Å². The predicted molar refractivity (Wildman–Crippen MR) is 58.1 cm³/mol. The first-order valence-electron chi connectivity index (χ1n) is 4.78. The summed E-state index contributed by atoms with van der Waals surface area (Å²) >= 11 is 0. The zero-order chi connectivity index (χ0) is 11.9. The van der Waals surface area contributed by atoms with Crippen molar-refractivity contribution >= 4 is 16.0 Å². The molecule has 0 fully saturated rings. The third kappa shape index (κ3) is 6.24. The second-order valence-electron chi connectivity index (χ2n) is 3.18. The van der Waals surface area contributed by atoms with Crippen molar-refractivity contribution < 1.29 is 17.8 Å². The van der Waals surface area contributed by atoms with Crippen molar-refractivity contribution in [2.75, 3.05) is 6.54 Å². The van der Waals surface area contributed by atoms with E-state index in [2.05, 4.69) is 11.9 Å². The molecule has 2 N–H and O–H groups in total. The maximum absolute atomic E-state index is 10.8. The van der Waals surface area contributed by atoms with E-state index in [-0.39, 0.29) is 5.91 Å². The number of amides is 1. The molecule has 0 aliphatic heterocycles. The highest BCUT2D eigenvalue weighted by Crippen LogP contribution is 2.10. The first-order valence-corrected chi connectivity index (χ1v) is 6.28. The summed E-state index contributed by atoms with van der Waals surface area (Å²) in [6.07, 6.45) is 2.37. The van der Waals surface area contributed by atoms with Crippen molar-refractivity contribution in [1.29, 1.82) is 0 Å². The van der Waals surface area contributed by atoms with Crippen molar-refractivity contribution in [1.82, 2.24) is 5.32 Å². The number of carbonyl (C=O) groups excluding carboxylic acids is 1. The lowest BCUT2D eigenvalue weighted by atomic mass is 10.2. The third-order valence-corrected chi connectivity index (χ3v) is 3.48. The van der Waals surface area contributed by atoms with Crippen LogP contribution in [0.2, 0.25) is 0 Å². The average Bonchev–Trinajstić information content (AvgIpc) is 2.15. The van der Waals surface area contributed by atoms with Crippen LogP contribution in [0.1, 0.15) is 26.2 Å². The van der Waals surface area contributed by atoms with Crippen LogP contribution in [0.4, 0.5) is 0 Å². The molecule has 0 aromatic heterocycles. The molecular formula is C9H17NO4S. The van der Waals surface area contributed by atoms with Crippen LogP contribution < -0.4 is 5.32 Å². The highest BCUT2D eigenvalue weighted by atomic mass is 32.2. The van der Waals surface area contributed by atoms with Crippen LogP contribution >= 0.6 is 0 Å². The van der Waals surface area contributed by atoms with Gasteiger partial charge in [0.2, 0.25) is 5.91 Å². The first-order chi connectivity index (χ1) is 6.91. The second-order valence-corrected chi connectivity index (χ2v) is 4.88. The van der Waals surface area contributed by atoms with Gasteiger partial charge in [0.1, 0.15) is 0 Å². The smallest absolute Gasteiger partial charge is 0.267 e. The molecule has 0 saturated carbocycles. The van der Waals surface area contributed by atoms with Crippen LogP contribution in [-0.4, -0.2) is 30.7 Å². The lowest BCUT2D eigenvalue weighted by Gasteiger charge is -2.10. The number of rotatable bonds is 7. The normalized spacial score (nSPS) is 13.2. The molecule has 0 heterocycles. The Kier molecular flexibility index (Phi) is 6.19. The number of hydrogen-bond acceptors (Lipinski definition) is 3. The van der Waals surface area contributed by atoms with E-state index in [1.54, 1.807) is 6.92 Å². The summed E-state index contributed by atoms with van der Waals surface area (Å²) < 4.78 is 30.4. The standard InChI is InChI=1S/C9H17NO4S/c1-3-8(15(12,13)14)6-5-7-10-9(11)4-2/h4,8H,2-3,5-7H2,1H3,(H,10,11)(H,12,13,14). The third-order valence-electron chi connectivity index (χ3n) is 2.06. The molecule has 5 nitrogen and oxygen atoms in total. The molecule has 15 heavy (non-hydrogen) atoms. The van der Waals surface area contributed by atoms with Crippen molar-refractivity contribution in [3.8, 4) is 0 Å². The topological polar surface area (TPSA) is 83.5 Å². The van der Waals surface area contributed by atoms with E-state index in [1.807, 2.05) is 0 Å². The zero-order valence-electron chi connectivity index (χ0n) is 8.77. The molecule has 0 spiro atoms. The monoisotopic (exact) mass is 235 g/mol. The number of nitrogens with one attached hydrogen (secondary N) is 1. The van der Waals surface area contributed by atoms with Gasteiger partial charge < -0.3 is 5.32 Å². The van der Waals surface area contributed by atoms with E-state index >= 15 is 0 Å². The van der Waals surface area contributed by atoms with Gasteiger partial charge in [0, 0.05) is 6.54 Å². The average molecular weight is 235 g/mol. The molecular weight excluding hydrogens is 218 g/mol. The second kappa shape index (κ2) is 6.58. The van der Waals surface area contributed by atoms with Gasteiger partial charge in [0.05, 0.1) is 5.25 Å². The number of hydrogen-bond donors (Lipinski definition) is 2. The highest BCUT2D eigenvalue weighted by Gasteiger charge is 2.19. The van der Waals surface area contributed by atoms with Gasteiger partial charge in [0.15, 0.2) is 0 Å². The van der Waals surface area contributed by atoms with Crippen LogP contribution in [0.15, 0.2) is 12.7 Å². The minimum absolute atomic E-state index is 0.282. The van der Waals surface area contributed by atoms with Crippen LogP contribution in [-0.2, 0) is 14.9 Å². The fraction of sp³-hybridized carbons (Fsp3) is 0.667. The largest absolute Gasteiger partial charge is 0.353 e. The summed E-state index contributed by atoms with van der Waals surface area (Å²) in [7, 11) is -3.95. The maximum Gasteiger partial charge on any atom is 0.267 e. The SMILES string of the molecule is C=CC(=O)NCCCC(CC)S(=O)(=O)O. The molecule has 1 atom stereocenters. The van der Waals surface area contributed by atoms with E-state index < -0.39 is 15.4 Å². The van der Waals surface area contributed by atoms with Crippen molar-refractivity contribution in [2.24, 2.45) is 0 Å². The Labute approximate surface area is 90.3 Å². The van der Waals surface area contributed by atoms with Crippen LogP contribution in [0.25, 0.3) is 0 Å². The van der Waals surface area contributed by atoms with Gasteiger partial charge >= 0.3 is 0 Å². The molecule has 1 unspecified atom stereocenters. The Balaban J connectivity index is 3.84. The van der Waals surface area contributed by atoms with Crippen LogP contribution in [0, 0.1) is 0 Å². The molecule has 0 rings (SSSR count). The Bertz CT molecular complexity index is 310. The van der Waals surface area contributed by atoms with Crippen molar-refractivity contribution in [3.05, 3.63) is 12.7 Å². The van der Waals surface area contributed by atoms with Gasteiger partial charge in [-0.2, -0.15) is 8.42 Å². The molecule has 6 heteroatoms. The summed E-state index contributed by atoms with van der Waals surface area (Å²) in [6.45, 7) is 5.36. The van der Waals surface area contributed by atoms with E-state index in [9.17, 15) is 13.2 Å². The highest BCUT2D eigenvalue weighted by molar-refractivity contribution is 7.86. The van der Waals surface area contributed by atoms with E-state index in [1.165, 1.54) is 0 Å². The first kappa shape index (κ1) is 14.1. The Morgan fingerprint density at radius 1 is 1.60 bits per heavy atom. The zero-order valence-corrected chi connectivity index (χ0v) is 9.59. The molecule has 0 bridgehead atoms. The molecule has 88 valence electrons.